The fourth-order valence-electron chi connectivity index (χ4n) is 2.34. The van der Waals surface area contributed by atoms with Crippen molar-refractivity contribution in [3.8, 4) is 0 Å². The van der Waals surface area contributed by atoms with Gasteiger partial charge in [0.2, 0.25) is 5.91 Å². The van der Waals surface area contributed by atoms with Gasteiger partial charge in [0.15, 0.2) is 0 Å². The minimum Gasteiger partial charge on any atom is -0.464 e. The number of benzene rings is 2. The van der Waals surface area contributed by atoms with Crippen molar-refractivity contribution in [3.63, 3.8) is 0 Å². The van der Waals surface area contributed by atoms with Crippen molar-refractivity contribution in [2.45, 2.75) is 13.3 Å². The fourth-order valence-corrected chi connectivity index (χ4v) is 2.34. The van der Waals surface area contributed by atoms with Crippen molar-refractivity contribution < 1.29 is 14.0 Å². The number of furan rings is 1. The van der Waals surface area contributed by atoms with Crippen LogP contribution in [0.2, 0.25) is 0 Å². The number of hydrazine groups is 1. The minimum atomic E-state index is -0.355. The molecule has 0 bridgehead atoms. The second-order valence-electron chi connectivity index (χ2n) is 5.31. The summed E-state index contributed by atoms with van der Waals surface area (Å²) < 4.78 is 5.43. The largest absolute Gasteiger partial charge is 0.464 e. The molecular weight excluding hydrogens is 292 g/mol. The molecule has 5 heteroatoms. The molecule has 5 nitrogen and oxygen atoms in total. The number of hydrogen-bond acceptors (Lipinski definition) is 3. The van der Waals surface area contributed by atoms with Gasteiger partial charge in [0.1, 0.15) is 5.58 Å². The van der Waals surface area contributed by atoms with E-state index in [9.17, 15) is 9.59 Å². The maximum atomic E-state index is 12.0. The van der Waals surface area contributed by atoms with E-state index in [2.05, 4.69) is 10.9 Å². The number of carbonyl (C=O) groups is 2. The van der Waals surface area contributed by atoms with Gasteiger partial charge in [-0.05, 0) is 31.2 Å². The quantitative estimate of drug-likeness (QED) is 0.731. The first-order valence-electron chi connectivity index (χ1n) is 7.24. The number of aryl methyl sites for hydroxylation is 1. The van der Waals surface area contributed by atoms with Gasteiger partial charge in [-0.25, -0.2) is 0 Å². The first-order chi connectivity index (χ1) is 11.1. The average Bonchev–Trinajstić information content (AvgIpc) is 2.95. The second kappa shape index (κ2) is 6.36. The third kappa shape index (κ3) is 3.40. The van der Waals surface area contributed by atoms with Gasteiger partial charge < -0.3 is 4.42 Å². The Hall–Kier alpha value is -3.08. The Bertz CT molecular complexity index is 853. The van der Waals surface area contributed by atoms with E-state index in [0.717, 1.165) is 22.1 Å². The third-order valence-corrected chi connectivity index (χ3v) is 3.51. The van der Waals surface area contributed by atoms with Gasteiger partial charge in [-0.2, -0.15) is 0 Å². The van der Waals surface area contributed by atoms with Gasteiger partial charge in [0, 0.05) is 16.5 Å². The smallest absolute Gasteiger partial charge is 0.269 e. The number of hydrogen-bond donors (Lipinski definition) is 2. The molecule has 0 fully saturated rings. The highest BCUT2D eigenvalue weighted by Gasteiger charge is 2.12. The summed E-state index contributed by atoms with van der Waals surface area (Å²) in [5.41, 5.74) is 7.93. The predicted octanol–water partition coefficient (Wildman–Crippen LogP) is 2.74. The summed E-state index contributed by atoms with van der Waals surface area (Å²) in [7, 11) is 0. The maximum absolute atomic E-state index is 12.0. The van der Waals surface area contributed by atoms with Crippen LogP contribution in [0.3, 0.4) is 0 Å². The molecule has 1 heterocycles. The minimum absolute atomic E-state index is 0.130. The van der Waals surface area contributed by atoms with Gasteiger partial charge in [-0.1, -0.05) is 29.8 Å². The Morgan fingerprint density at radius 3 is 2.61 bits per heavy atom. The summed E-state index contributed by atoms with van der Waals surface area (Å²) in [6, 6.07) is 14.5. The fraction of sp³-hybridized carbons (Fsp3) is 0.111. The van der Waals surface area contributed by atoms with E-state index in [1.54, 1.807) is 30.5 Å². The number of rotatable bonds is 3. The highest BCUT2D eigenvalue weighted by molar-refractivity contribution is 5.96. The second-order valence-corrected chi connectivity index (χ2v) is 5.31. The molecule has 2 aromatic carbocycles. The molecule has 2 amide bonds. The highest BCUT2D eigenvalue weighted by atomic mass is 16.3. The van der Waals surface area contributed by atoms with Crippen LogP contribution < -0.4 is 10.9 Å². The molecule has 0 aliphatic carbocycles. The van der Waals surface area contributed by atoms with E-state index in [1.807, 2.05) is 31.2 Å². The summed E-state index contributed by atoms with van der Waals surface area (Å²) >= 11 is 0. The molecule has 0 unspecified atom stereocenters. The Balaban J connectivity index is 1.63. The summed E-state index contributed by atoms with van der Waals surface area (Å²) in [5.74, 6) is -0.662. The molecule has 0 radical (unpaired) electrons. The summed E-state index contributed by atoms with van der Waals surface area (Å²) in [4.78, 5) is 23.9. The Morgan fingerprint density at radius 1 is 1.04 bits per heavy atom. The molecule has 0 aliphatic heterocycles. The van der Waals surface area contributed by atoms with Crippen molar-refractivity contribution in [2.24, 2.45) is 0 Å². The van der Waals surface area contributed by atoms with Crippen molar-refractivity contribution in [1.82, 2.24) is 10.9 Å². The number of fused-ring (bicyclic) bond motifs is 1. The molecule has 23 heavy (non-hydrogen) atoms. The van der Waals surface area contributed by atoms with Crippen LogP contribution in [0.1, 0.15) is 21.5 Å². The molecule has 0 aliphatic rings. The van der Waals surface area contributed by atoms with Gasteiger partial charge in [-0.15, -0.1) is 0 Å². The van der Waals surface area contributed by atoms with E-state index in [1.165, 1.54) is 0 Å². The maximum Gasteiger partial charge on any atom is 0.269 e. The molecule has 0 saturated carbocycles. The molecule has 0 atom stereocenters. The Morgan fingerprint density at radius 2 is 1.83 bits per heavy atom. The Kier molecular flexibility index (Phi) is 4.10. The monoisotopic (exact) mass is 308 g/mol. The van der Waals surface area contributed by atoms with Crippen molar-refractivity contribution in [1.29, 1.82) is 0 Å². The van der Waals surface area contributed by atoms with Crippen LogP contribution in [0.15, 0.2) is 59.2 Å². The van der Waals surface area contributed by atoms with Gasteiger partial charge in [0.05, 0.1) is 12.7 Å². The van der Waals surface area contributed by atoms with Gasteiger partial charge in [0.25, 0.3) is 5.91 Å². The summed E-state index contributed by atoms with van der Waals surface area (Å²) in [6.07, 6.45) is 1.70. The summed E-state index contributed by atoms with van der Waals surface area (Å²) in [5, 5.41) is 0.912. The Labute approximate surface area is 133 Å². The van der Waals surface area contributed by atoms with E-state index in [0.29, 0.717) is 5.56 Å². The van der Waals surface area contributed by atoms with Gasteiger partial charge >= 0.3 is 0 Å². The average molecular weight is 308 g/mol. The molecule has 0 saturated heterocycles. The molecule has 1 aromatic heterocycles. The van der Waals surface area contributed by atoms with Gasteiger partial charge in [-0.3, -0.25) is 20.4 Å². The predicted molar refractivity (Wildman–Crippen MR) is 86.7 cm³/mol. The lowest BCUT2D eigenvalue weighted by atomic mass is 10.1. The zero-order valence-corrected chi connectivity index (χ0v) is 12.6. The highest BCUT2D eigenvalue weighted by Crippen LogP contribution is 2.22. The topological polar surface area (TPSA) is 71.3 Å². The van der Waals surface area contributed by atoms with E-state index < -0.39 is 0 Å². The van der Waals surface area contributed by atoms with Crippen LogP contribution in [-0.2, 0) is 11.2 Å². The van der Waals surface area contributed by atoms with Crippen LogP contribution in [0.4, 0.5) is 0 Å². The van der Waals surface area contributed by atoms with Crippen molar-refractivity contribution >= 4 is 22.8 Å². The summed E-state index contributed by atoms with van der Waals surface area (Å²) in [6.45, 7) is 1.98. The normalized spacial score (nSPS) is 10.5. The molecule has 116 valence electrons. The molecule has 0 spiro atoms. The first kappa shape index (κ1) is 14.8. The van der Waals surface area contributed by atoms with E-state index in [4.69, 9.17) is 4.42 Å². The molecule has 3 rings (SSSR count). The number of nitrogens with one attached hydrogen (secondary N) is 2. The van der Waals surface area contributed by atoms with Crippen LogP contribution in [-0.4, -0.2) is 11.8 Å². The molecular formula is C18H16N2O3. The number of carbonyl (C=O) groups excluding carboxylic acids is 2. The van der Waals surface area contributed by atoms with E-state index >= 15 is 0 Å². The van der Waals surface area contributed by atoms with Crippen molar-refractivity contribution in [2.75, 3.05) is 0 Å². The molecule has 2 N–H and O–H groups in total. The van der Waals surface area contributed by atoms with Crippen LogP contribution in [0, 0.1) is 6.92 Å². The lowest BCUT2D eigenvalue weighted by Crippen LogP contribution is -2.42. The number of amides is 2. The third-order valence-electron chi connectivity index (χ3n) is 3.51. The standard InChI is InChI=1S/C18H16N2O3/c1-12-7-8-16-15(9-12)14(11-23-16)10-17(21)19-20-18(22)13-5-3-2-4-6-13/h2-9,11H,10H2,1H3,(H,19,21)(H,20,22). The lowest BCUT2D eigenvalue weighted by molar-refractivity contribution is -0.121. The zero-order chi connectivity index (χ0) is 16.2. The molecule has 3 aromatic rings. The first-order valence-corrected chi connectivity index (χ1v) is 7.24. The van der Waals surface area contributed by atoms with Crippen molar-refractivity contribution in [3.05, 3.63) is 71.5 Å². The van der Waals surface area contributed by atoms with Crippen LogP contribution in [0.5, 0.6) is 0 Å². The van der Waals surface area contributed by atoms with Crippen LogP contribution >= 0.6 is 0 Å². The SMILES string of the molecule is Cc1ccc2occ(CC(=O)NNC(=O)c3ccccc3)c2c1. The van der Waals surface area contributed by atoms with Crippen LogP contribution in [0.25, 0.3) is 11.0 Å². The lowest BCUT2D eigenvalue weighted by Gasteiger charge is -2.06. The van der Waals surface area contributed by atoms with E-state index in [-0.39, 0.29) is 18.2 Å². The zero-order valence-electron chi connectivity index (χ0n) is 12.6.